The molecule has 0 radical (unpaired) electrons. The second-order valence-electron chi connectivity index (χ2n) is 3.09. The lowest BCUT2D eigenvalue weighted by molar-refractivity contribution is 0.290. The quantitative estimate of drug-likeness (QED) is 0.701. The summed E-state index contributed by atoms with van der Waals surface area (Å²) in [5.74, 6) is 0. The van der Waals surface area contributed by atoms with Crippen LogP contribution in [0.25, 0.3) is 0 Å². The molecule has 1 N–H and O–H groups in total. The summed E-state index contributed by atoms with van der Waals surface area (Å²) < 4.78 is 0. The first-order chi connectivity index (χ1) is 6.38. The Hall–Kier alpha value is -1.02. The van der Waals surface area contributed by atoms with Crippen LogP contribution in [0.5, 0.6) is 0 Å². The predicted octanol–water partition coefficient (Wildman–Crippen LogP) is 2.24. The van der Waals surface area contributed by atoms with Crippen LogP contribution >= 0.6 is 0 Å². The molecule has 0 heterocycles. The average Bonchev–Trinajstić information content (AvgIpc) is 2.21. The minimum atomic E-state index is 0.101. The van der Waals surface area contributed by atoms with Gasteiger partial charge in [-0.3, -0.25) is 0 Å². The number of unbranched alkanes of at least 4 members (excludes halogenated alkanes) is 1. The third kappa shape index (κ3) is 3.07. The molecule has 0 atom stereocenters. The van der Waals surface area contributed by atoms with Gasteiger partial charge in [-0.2, -0.15) is 0 Å². The number of aliphatic hydroxyl groups is 1. The van der Waals surface area contributed by atoms with Crippen LogP contribution < -0.4 is 4.90 Å². The van der Waals surface area contributed by atoms with E-state index in [1.807, 2.05) is 35.2 Å². The fourth-order valence-corrected chi connectivity index (χ4v) is 1.27. The minimum absolute atomic E-state index is 0.101. The van der Waals surface area contributed by atoms with Gasteiger partial charge in [0.1, 0.15) is 6.73 Å². The minimum Gasteiger partial charge on any atom is -0.376 e. The Kier molecular flexibility index (Phi) is 4.33. The molecule has 0 aliphatic carbocycles. The first kappa shape index (κ1) is 10.1. The summed E-state index contributed by atoms with van der Waals surface area (Å²) in [6.45, 7) is 3.18. The molecule has 1 aromatic carbocycles. The Morgan fingerprint density at radius 2 is 1.92 bits per heavy atom. The van der Waals surface area contributed by atoms with Crippen molar-refractivity contribution in [2.45, 2.75) is 19.8 Å². The Morgan fingerprint density at radius 1 is 1.23 bits per heavy atom. The van der Waals surface area contributed by atoms with E-state index in [1.54, 1.807) is 0 Å². The van der Waals surface area contributed by atoms with Crippen LogP contribution in [0.4, 0.5) is 5.69 Å². The van der Waals surface area contributed by atoms with Gasteiger partial charge >= 0.3 is 0 Å². The number of para-hydroxylation sites is 1. The van der Waals surface area contributed by atoms with Gasteiger partial charge in [0.25, 0.3) is 0 Å². The molecular weight excluding hydrogens is 162 g/mol. The molecule has 1 rings (SSSR count). The van der Waals surface area contributed by atoms with E-state index in [0.717, 1.165) is 25.1 Å². The van der Waals surface area contributed by atoms with Crippen LogP contribution in [-0.4, -0.2) is 18.4 Å². The first-order valence-corrected chi connectivity index (χ1v) is 4.79. The van der Waals surface area contributed by atoms with Crippen molar-refractivity contribution in [1.29, 1.82) is 0 Å². The van der Waals surface area contributed by atoms with Crippen molar-refractivity contribution in [2.75, 3.05) is 18.2 Å². The second kappa shape index (κ2) is 5.60. The van der Waals surface area contributed by atoms with Gasteiger partial charge in [0.2, 0.25) is 0 Å². The van der Waals surface area contributed by atoms with Crippen LogP contribution in [0, 0.1) is 0 Å². The molecule has 0 saturated carbocycles. The highest BCUT2D eigenvalue weighted by Crippen LogP contribution is 2.12. The fraction of sp³-hybridized carbons (Fsp3) is 0.455. The smallest absolute Gasteiger partial charge is 0.115 e. The number of rotatable bonds is 5. The summed E-state index contributed by atoms with van der Waals surface area (Å²) in [5, 5.41) is 9.13. The molecule has 0 fully saturated rings. The van der Waals surface area contributed by atoms with Gasteiger partial charge in [-0.25, -0.2) is 0 Å². The number of nitrogens with zero attached hydrogens (tertiary/aromatic N) is 1. The van der Waals surface area contributed by atoms with E-state index < -0.39 is 0 Å². The molecule has 0 bridgehead atoms. The van der Waals surface area contributed by atoms with Crippen molar-refractivity contribution in [1.82, 2.24) is 0 Å². The monoisotopic (exact) mass is 179 g/mol. The number of aliphatic hydroxyl groups excluding tert-OH is 1. The Bertz CT molecular complexity index is 223. The van der Waals surface area contributed by atoms with E-state index >= 15 is 0 Å². The number of benzene rings is 1. The van der Waals surface area contributed by atoms with Crippen LogP contribution in [-0.2, 0) is 0 Å². The van der Waals surface area contributed by atoms with Crippen molar-refractivity contribution in [2.24, 2.45) is 0 Å². The normalized spacial score (nSPS) is 10.0. The summed E-state index contributed by atoms with van der Waals surface area (Å²) >= 11 is 0. The lowest BCUT2D eigenvalue weighted by Crippen LogP contribution is -2.25. The molecule has 1 aromatic rings. The Balaban J connectivity index is 2.56. The summed E-state index contributed by atoms with van der Waals surface area (Å²) in [7, 11) is 0. The maximum atomic E-state index is 9.13. The van der Waals surface area contributed by atoms with Gasteiger partial charge < -0.3 is 10.0 Å². The highest BCUT2D eigenvalue weighted by Gasteiger charge is 2.01. The van der Waals surface area contributed by atoms with Crippen molar-refractivity contribution < 1.29 is 5.11 Å². The van der Waals surface area contributed by atoms with E-state index in [0.29, 0.717) is 0 Å². The predicted molar refractivity (Wildman–Crippen MR) is 55.8 cm³/mol. The van der Waals surface area contributed by atoms with Crippen molar-refractivity contribution in [3.05, 3.63) is 30.3 Å². The zero-order valence-corrected chi connectivity index (χ0v) is 8.11. The lowest BCUT2D eigenvalue weighted by Gasteiger charge is -2.21. The van der Waals surface area contributed by atoms with Crippen molar-refractivity contribution in [3.8, 4) is 0 Å². The zero-order chi connectivity index (χ0) is 9.52. The highest BCUT2D eigenvalue weighted by molar-refractivity contribution is 5.45. The van der Waals surface area contributed by atoms with E-state index in [4.69, 9.17) is 5.11 Å². The third-order valence-corrected chi connectivity index (χ3v) is 2.07. The van der Waals surface area contributed by atoms with Crippen LogP contribution in [0.15, 0.2) is 30.3 Å². The SMILES string of the molecule is CCCCN(CO)c1ccccc1. The molecule has 0 aromatic heterocycles. The Labute approximate surface area is 79.8 Å². The Morgan fingerprint density at radius 3 is 2.46 bits per heavy atom. The maximum absolute atomic E-state index is 9.13. The summed E-state index contributed by atoms with van der Waals surface area (Å²) in [4.78, 5) is 1.98. The van der Waals surface area contributed by atoms with Gasteiger partial charge in [0.15, 0.2) is 0 Å². The molecule has 2 nitrogen and oxygen atoms in total. The first-order valence-electron chi connectivity index (χ1n) is 4.79. The molecule has 72 valence electrons. The highest BCUT2D eigenvalue weighted by atomic mass is 16.3. The molecule has 0 saturated heterocycles. The van der Waals surface area contributed by atoms with E-state index in [9.17, 15) is 0 Å². The van der Waals surface area contributed by atoms with Gasteiger partial charge in [-0.1, -0.05) is 31.5 Å². The summed E-state index contributed by atoms with van der Waals surface area (Å²) in [5.41, 5.74) is 1.10. The summed E-state index contributed by atoms with van der Waals surface area (Å²) in [6.07, 6.45) is 2.28. The lowest BCUT2D eigenvalue weighted by atomic mass is 10.2. The third-order valence-electron chi connectivity index (χ3n) is 2.07. The van der Waals surface area contributed by atoms with E-state index in [1.165, 1.54) is 0 Å². The van der Waals surface area contributed by atoms with Crippen LogP contribution in [0.2, 0.25) is 0 Å². The molecule has 0 aliphatic rings. The standard InChI is InChI=1S/C11H17NO/c1-2-3-9-12(10-13)11-7-5-4-6-8-11/h4-8,13H,2-3,9-10H2,1H3. The van der Waals surface area contributed by atoms with E-state index in [-0.39, 0.29) is 6.73 Å². The molecule has 0 unspecified atom stereocenters. The summed E-state index contributed by atoms with van der Waals surface area (Å²) in [6, 6.07) is 10.0. The van der Waals surface area contributed by atoms with Crippen LogP contribution in [0.1, 0.15) is 19.8 Å². The van der Waals surface area contributed by atoms with Gasteiger partial charge in [-0.05, 0) is 18.6 Å². The molecule has 2 heteroatoms. The van der Waals surface area contributed by atoms with Crippen molar-refractivity contribution in [3.63, 3.8) is 0 Å². The van der Waals surface area contributed by atoms with Gasteiger partial charge in [0.05, 0.1) is 0 Å². The zero-order valence-electron chi connectivity index (χ0n) is 8.11. The topological polar surface area (TPSA) is 23.5 Å². The average molecular weight is 179 g/mol. The number of hydrogen-bond acceptors (Lipinski definition) is 2. The fourth-order valence-electron chi connectivity index (χ4n) is 1.27. The number of anilines is 1. The van der Waals surface area contributed by atoms with E-state index in [2.05, 4.69) is 6.92 Å². The molecular formula is C11H17NO. The van der Waals surface area contributed by atoms with Crippen molar-refractivity contribution >= 4 is 5.69 Å². The van der Waals surface area contributed by atoms with Crippen LogP contribution in [0.3, 0.4) is 0 Å². The molecule has 0 aliphatic heterocycles. The largest absolute Gasteiger partial charge is 0.376 e. The second-order valence-corrected chi connectivity index (χ2v) is 3.09. The molecule has 0 spiro atoms. The molecule has 0 amide bonds. The number of hydrogen-bond donors (Lipinski definition) is 1. The molecule has 13 heavy (non-hydrogen) atoms. The van der Waals surface area contributed by atoms with Gasteiger partial charge in [0, 0.05) is 12.2 Å². The maximum Gasteiger partial charge on any atom is 0.115 e. The van der Waals surface area contributed by atoms with Gasteiger partial charge in [-0.15, -0.1) is 0 Å².